The van der Waals surface area contributed by atoms with Gasteiger partial charge in [-0.05, 0) is 24.3 Å². The van der Waals surface area contributed by atoms with Crippen LogP contribution < -0.4 is 4.90 Å². The Kier molecular flexibility index (Phi) is 3.47. The minimum Gasteiger partial charge on any atom is -0.378 e. The molecule has 3 rings (SSSR count). The molecule has 0 saturated carbocycles. The third-order valence-corrected chi connectivity index (χ3v) is 3.52. The van der Waals surface area contributed by atoms with E-state index in [2.05, 4.69) is 9.97 Å². The first-order valence-corrected chi connectivity index (χ1v) is 6.83. The van der Waals surface area contributed by atoms with Crippen molar-refractivity contribution in [2.45, 2.75) is 0 Å². The van der Waals surface area contributed by atoms with Crippen LogP contribution in [0.5, 0.6) is 0 Å². The molecule has 0 aliphatic carbocycles. The third kappa shape index (κ3) is 2.54. The van der Waals surface area contributed by atoms with E-state index in [1.807, 2.05) is 43.3 Å². The van der Waals surface area contributed by atoms with Gasteiger partial charge in [0.2, 0.25) is 0 Å². The van der Waals surface area contributed by atoms with Crippen molar-refractivity contribution < 1.29 is 4.39 Å². The van der Waals surface area contributed by atoms with Crippen LogP contribution in [0.15, 0.2) is 42.5 Å². The normalized spacial score (nSPS) is 10.9. The average Bonchev–Trinajstić information content (AvgIpc) is 2.47. The van der Waals surface area contributed by atoms with E-state index in [9.17, 15) is 4.39 Å². The summed E-state index contributed by atoms with van der Waals surface area (Å²) in [5.74, 6) is 0.0768. The molecule has 0 spiro atoms. The number of hydrogen-bond donors (Lipinski definition) is 0. The van der Waals surface area contributed by atoms with Gasteiger partial charge in [-0.2, -0.15) is 0 Å². The Morgan fingerprint density at radius 1 is 1.05 bits per heavy atom. The Labute approximate surface area is 127 Å². The standard InChI is InChI=1S/C16H13ClFN3/c1-21(2)11-6-3-5-10(9-11)16-19-13-8-4-7-12(18)14(13)15(17)20-16/h3-9H,1-2H3. The van der Waals surface area contributed by atoms with E-state index in [4.69, 9.17) is 11.6 Å². The van der Waals surface area contributed by atoms with Gasteiger partial charge in [0.25, 0.3) is 0 Å². The quantitative estimate of drug-likeness (QED) is 0.666. The monoisotopic (exact) mass is 301 g/mol. The topological polar surface area (TPSA) is 29.0 Å². The van der Waals surface area contributed by atoms with Gasteiger partial charge in [0.05, 0.1) is 10.9 Å². The summed E-state index contributed by atoms with van der Waals surface area (Å²) >= 11 is 6.12. The molecule has 3 nitrogen and oxygen atoms in total. The first-order chi connectivity index (χ1) is 10.1. The predicted octanol–water partition coefficient (Wildman–Crippen LogP) is 4.16. The molecule has 0 saturated heterocycles. The molecule has 0 radical (unpaired) electrons. The number of hydrogen-bond acceptors (Lipinski definition) is 3. The van der Waals surface area contributed by atoms with Crippen LogP contribution in [-0.2, 0) is 0 Å². The van der Waals surface area contributed by atoms with Crippen LogP contribution in [0.3, 0.4) is 0 Å². The lowest BCUT2D eigenvalue weighted by atomic mass is 10.1. The molecule has 0 fully saturated rings. The van der Waals surface area contributed by atoms with Crippen molar-refractivity contribution in [3.8, 4) is 11.4 Å². The molecule has 0 bridgehead atoms. The van der Waals surface area contributed by atoms with Gasteiger partial charge < -0.3 is 4.90 Å². The van der Waals surface area contributed by atoms with E-state index in [-0.39, 0.29) is 10.5 Å². The first-order valence-electron chi connectivity index (χ1n) is 6.46. The summed E-state index contributed by atoms with van der Waals surface area (Å²) in [6.07, 6.45) is 0. The fourth-order valence-corrected chi connectivity index (χ4v) is 2.42. The zero-order valence-electron chi connectivity index (χ0n) is 11.6. The zero-order chi connectivity index (χ0) is 15.0. The smallest absolute Gasteiger partial charge is 0.161 e. The summed E-state index contributed by atoms with van der Waals surface area (Å²) in [4.78, 5) is 10.6. The first kappa shape index (κ1) is 13.8. The fourth-order valence-electron chi connectivity index (χ4n) is 2.15. The van der Waals surface area contributed by atoms with Gasteiger partial charge in [0, 0.05) is 25.3 Å². The van der Waals surface area contributed by atoms with Crippen LogP contribution in [0.1, 0.15) is 0 Å². The molecular formula is C16H13ClFN3. The number of fused-ring (bicyclic) bond motifs is 1. The van der Waals surface area contributed by atoms with Gasteiger partial charge in [0.1, 0.15) is 11.0 Å². The highest BCUT2D eigenvalue weighted by molar-refractivity contribution is 6.34. The van der Waals surface area contributed by atoms with E-state index in [0.29, 0.717) is 11.3 Å². The van der Waals surface area contributed by atoms with Crippen LogP contribution >= 0.6 is 11.6 Å². The molecule has 21 heavy (non-hydrogen) atoms. The maximum Gasteiger partial charge on any atom is 0.161 e. The maximum atomic E-state index is 13.8. The van der Waals surface area contributed by atoms with Crippen molar-refractivity contribution in [3.05, 3.63) is 53.4 Å². The van der Waals surface area contributed by atoms with Crippen LogP contribution in [0.25, 0.3) is 22.3 Å². The number of benzene rings is 2. The molecule has 0 aliphatic rings. The SMILES string of the molecule is CN(C)c1cccc(-c2nc(Cl)c3c(F)cccc3n2)c1. The van der Waals surface area contributed by atoms with E-state index >= 15 is 0 Å². The van der Waals surface area contributed by atoms with Crippen molar-refractivity contribution in [1.82, 2.24) is 9.97 Å². The summed E-state index contributed by atoms with van der Waals surface area (Å²) in [6, 6.07) is 12.5. The van der Waals surface area contributed by atoms with Crippen molar-refractivity contribution in [1.29, 1.82) is 0 Å². The zero-order valence-corrected chi connectivity index (χ0v) is 12.4. The van der Waals surface area contributed by atoms with Gasteiger partial charge in [-0.25, -0.2) is 14.4 Å². The van der Waals surface area contributed by atoms with Crippen molar-refractivity contribution in [2.24, 2.45) is 0 Å². The van der Waals surface area contributed by atoms with E-state index in [1.54, 1.807) is 12.1 Å². The third-order valence-electron chi connectivity index (χ3n) is 3.25. The number of nitrogens with zero attached hydrogens (tertiary/aromatic N) is 3. The number of aromatic nitrogens is 2. The molecule has 1 heterocycles. The second kappa shape index (κ2) is 5.30. The Balaban J connectivity index is 2.20. The highest BCUT2D eigenvalue weighted by Gasteiger charge is 2.11. The average molecular weight is 302 g/mol. The maximum absolute atomic E-state index is 13.8. The van der Waals surface area contributed by atoms with Gasteiger partial charge in [-0.3, -0.25) is 0 Å². The van der Waals surface area contributed by atoms with Crippen molar-refractivity contribution in [3.63, 3.8) is 0 Å². The minimum absolute atomic E-state index is 0.128. The second-order valence-electron chi connectivity index (χ2n) is 4.92. The number of rotatable bonds is 2. The lowest BCUT2D eigenvalue weighted by Crippen LogP contribution is -2.08. The molecule has 0 N–H and O–H groups in total. The molecule has 0 unspecified atom stereocenters. The summed E-state index contributed by atoms with van der Waals surface area (Å²) in [5.41, 5.74) is 2.38. The van der Waals surface area contributed by atoms with Gasteiger partial charge in [0.15, 0.2) is 5.82 Å². The van der Waals surface area contributed by atoms with Gasteiger partial charge in [-0.1, -0.05) is 29.8 Å². The molecule has 3 aromatic rings. The van der Waals surface area contributed by atoms with Crippen LogP contribution in [0.4, 0.5) is 10.1 Å². The molecule has 2 aromatic carbocycles. The number of halogens is 2. The van der Waals surface area contributed by atoms with Crippen molar-refractivity contribution >= 4 is 28.2 Å². The lowest BCUT2D eigenvalue weighted by molar-refractivity contribution is 0.639. The molecule has 1 aromatic heterocycles. The Hall–Kier alpha value is -2.20. The largest absolute Gasteiger partial charge is 0.378 e. The number of anilines is 1. The van der Waals surface area contributed by atoms with Crippen LogP contribution in [0.2, 0.25) is 5.15 Å². The van der Waals surface area contributed by atoms with Gasteiger partial charge in [-0.15, -0.1) is 0 Å². The fraction of sp³-hybridized carbons (Fsp3) is 0.125. The summed E-state index contributed by atoms with van der Waals surface area (Å²) in [6.45, 7) is 0. The summed E-state index contributed by atoms with van der Waals surface area (Å²) < 4.78 is 13.8. The van der Waals surface area contributed by atoms with E-state index in [1.165, 1.54) is 6.07 Å². The molecule has 0 amide bonds. The van der Waals surface area contributed by atoms with Crippen molar-refractivity contribution in [2.75, 3.05) is 19.0 Å². The molecular weight excluding hydrogens is 289 g/mol. The van der Waals surface area contributed by atoms with Gasteiger partial charge >= 0.3 is 0 Å². The molecule has 106 valence electrons. The lowest BCUT2D eigenvalue weighted by Gasteiger charge is -2.13. The summed E-state index contributed by atoms with van der Waals surface area (Å²) in [5, 5.41) is 0.384. The minimum atomic E-state index is -0.411. The highest BCUT2D eigenvalue weighted by Crippen LogP contribution is 2.28. The second-order valence-corrected chi connectivity index (χ2v) is 5.27. The van der Waals surface area contributed by atoms with E-state index in [0.717, 1.165) is 11.3 Å². The van der Waals surface area contributed by atoms with Crippen LogP contribution in [-0.4, -0.2) is 24.1 Å². The Bertz CT molecular complexity index is 818. The predicted molar refractivity (Wildman–Crippen MR) is 84.3 cm³/mol. The highest BCUT2D eigenvalue weighted by atomic mass is 35.5. The molecule has 5 heteroatoms. The molecule has 0 atom stereocenters. The Morgan fingerprint density at radius 3 is 2.57 bits per heavy atom. The van der Waals surface area contributed by atoms with Crippen LogP contribution in [0, 0.1) is 5.82 Å². The Morgan fingerprint density at radius 2 is 1.81 bits per heavy atom. The summed E-state index contributed by atoms with van der Waals surface area (Å²) in [7, 11) is 3.92. The van der Waals surface area contributed by atoms with E-state index < -0.39 is 5.82 Å². The molecule has 0 aliphatic heterocycles.